The van der Waals surface area contributed by atoms with Gasteiger partial charge in [-0.3, -0.25) is 0 Å². The van der Waals surface area contributed by atoms with E-state index in [9.17, 15) is 4.39 Å². The molecule has 0 spiro atoms. The van der Waals surface area contributed by atoms with Gasteiger partial charge in [0.15, 0.2) is 5.82 Å². The van der Waals surface area contributed by atoms with Crippen molar-refractivity contribution in [3.63, 3.8) is 0 Å². The normalized spacial score (nSPS) is 11.2. The van der Waals surface area contributed by atoms with Gasteiger partial charge >= 0.3 is 0 Å². The minimum Gasteiger partial charge on any atom is -0.310 e. The van der Waals surface area contributed by atoms with Crippen molar-refractivity contribution in [3.8, 4) is 11.3 Å². The minimum absolute atomic E-state index is 0.127. The molecule has 0 radical (unpaired) electrons. The molecule has 0 aliphatic rings. The van der Waals surface area contributed by atoms with Crippen LogP contribution in [0.15, 0.2) is 24.3 Å². The number of nitrogens with zero attached hydrogens (tertiary/aromatic N) is 1. The van der Waals surface area contributed by atoms with Crippen molar-refractivity contribution < 1.29 is 4.39 Å². The van der Waals surface area contributed by atoms with Crippen LogP contribution in [0.25, 0.3) is 11.3 Å². The molecule has 0 amide bonds. The first-order valence-electron chi connectivity index (χ1n) is 5.71. The highest BCUT2D eigenvalue weighted by Crippen LogP contribution is 2.28. The average Bonchev–Trinajstić information content (AvgIpc) is 2.78. The van der Waals surface area contributed by atoms with Crippen molar-refractivity contribution in [3.05, 3.63) is 40.0 Å². The lowest BCUT2D eigenvalue weighted by Crippen LogP contribution is -2.21. The van der Waals surface area contributed by atoms with E-state index >= 15 is 0 Å². The first kappa shape index (κ1) is 13.5. The Morgan fingerprint density at radius 3 is 2.94 bits per heavy atom. The van der Waals surface area contributed by atoms with E-state index in [4.69, 9.17) is 11.6 Å². The Bertz CT molecular complexity index is 540. The Morgan fingerprint density at radius 2 is 2.22 bits per heavy atom. The quantitative estimate of drug-likeness (QED) is 0.914. The lowest BCUT2D eigenvalue weighted by atomic mass is 10.1. The highest BCUT2D eigenvalue weighted by molar-refractivity contribution is 7.06. The van der Waals surface area contributed by atoms with Crippen LogP contribution < -0.4 is 5.32 Å². The number of hydrogen-bond acceptors (Lipinski definition) is 3. The average molecular weight is 285 g/mol. The van der Waals surface area contributed by atoms with Gasteiger partial charge in [-0.2, -0.15) is 4.37 Å². The fourth-order valence-electron chi connectivity index (χ4n) is 1.53. The summed E-state index contributed by atoms with van der Waals surface area (Å²) in [5.41, 5.74) is 1.09. The molecule has 96 valence electrons. The molecule has 0 saturated carbocycles. The third-order valence-corrected chi connectivity index (χ3v) is 3.55. The van der Waals surface area contributed by atoms with Gasteiger partial charge in [-0.25, -0.2) is 4.39 Å². The monoisotopic (exact) mass is 284 g/mol. The van der Waals surface area contributed by atoms with Gasteiger partial charge in [0.05, 0.1) is 10.7 Å². The zero-order valence-corrected chi connectivity index (χ0v) is 11.8. The molecule has 1 N–H and O–H groups in total. The molecule has 2 aromatic rings. The number of benzene rings is 1. The molecule has 0 fully saturated rings. The molecule has 1 aromatic heterocycles. The zero-order valence-electron chi connectivity index (χ0n) is 10.2. The van der Waals surface area contributed by atoms with Gasteiger partial charge in [0.25, 0.3) is 0 Å². The van der Waals surface area contributed by atoms with E-state index in [1.165, 1.54) is 17.6 Å². The van der Waals surface area contributed by atoms with E-state index < -0.39 is 5.82 Å². The largest absolute Gasteiger partial charge is 0.310 e. The molecule has 0 saturated heterocycles. The Labute approximate surface area is 115 Å². The lowest BCUT2D eigenvalue weighted by Gasteiger charge is -2.04. The van der Waals surface area contributed by atoms with Crippen molar-refractivity contribution in [2.75, 3.05) is 0 Å². The molecule has 1 heterocycles. The second-order valence-corrected chi connectivity index (χ2v) is 5.61. The van der Waals surface area contributed by atoms with Gasteiger partial charge in [-0.05, 0) is 29.7 Å². The highest BCUT2D eigenvalue weighted by Gasteiger charge is 2.11. The summed E-state index contributed by atoms with van der Waals surface area (Å²) in [6.45, 7) is 4.91. The third kappa shape index (κ3) is 3.07. The maximum atomic E-state index is 13.8. The van der Waals surface area contributed by atoms with Crippen molar-refractivity contribution in [2.24, 2.45) is 0 Å². The van der Waals surface area contributed by atoms with E-state index in [2.05, 4.69) is 23.5 Å². The van der Waals surface area contributed by atoms with Crippen LogP contribution in [-0.4, -0.2) is 10.4 Å². The Morgan fingerprint density at radius 1 is 1.44 bits per heavy atom. The summed E-state index contributed by atoms with van der Waals surface area (Å²) < 4.78 is 18.1. The number of nitrogens with one attached hydrogen (secondary N) is 1. The molecular formula is C13H14ClFN2S. The molecule has 2 rings (SSSR count). The van der Waals surface area contributed by atoms with Crippen LogP contribution in [0.1, 0.15) is 18.7 Å². The van der Waals surface area contributed by atoms with Crippen LogP contribution in [0.5, 0.6) is 0 Å². The summed E-state index contributed by atoms with van der Waals surface area (Å²) in [6, 6.07) is 7.27. The lowest BCUT2D eigenvalue weighted by molar-refractivity contribution is 0.593. The molecule has 2 nitrogen and oxygen atoms in total. The van der Waals surface area contributed by atoms with Gasteiger partial charge in [-0.1, -0.05) is 31.5 Å². The number of aromatic nitrogens is 1. The van der Waals surface area contributed by atoms with Crippen LogP contribution >= 0.6 is 23.1 Å². The minimum atomic E-state index is -0.409. The van der Waals surface area contributed by atoms with E-state index in [0.717, 1.165) is 11.4 Å². The van der Waals surface area contributed by atoms with Crippen molar-refractivity contribution in [2.45, 2.75) is 26.4 Å². The fourth-order valence-corrected chi connectivity index (χ4v) is 2.38. The molecular weight excluding hydrogens is 271 g/mol. The molecule has 0 atom stereocenters. The smallest absolute Gasteiger partial charge is 0.151 e. The number of rotatable bonds is 4. The predicted octanol–water partition coefficient (Wildman–Crippen LogP) is 4.10. The van der Waals surface area contributed by atoms with Crippen molar-refractivity contribution in [1.82, 2.24) is 9.69 Å². The maximum Gasteiger partial charge on any atom is 0.151 e. The first-order chi connectivity index (χ1) is 8.58. The van der Waals surface area contributed by atoms with E-state index in [-0.39, 0.29) is 5.02 Å². The van der Waals surface area contributed by atoms with E-state index in [0.29, 0.717) is 17.3 Å². The van der Waals surface area contributed by atoms with Gasteiger partial charge in [0.2, 0.25) is 0 Å². The molecule has 5 heteroatoms. The maximum absolute atomic E-state index is 13.8. The molecule has 0 bridgehead atoms. The summed E-state index contributed by atoms with van der Waals surface area (Å²) in [4.78, 5) is 1.08. The SMILES string of the molecule is CC(C)NCc1cc(-c2cccc(Cl)c2F)ns1. The Kier molecular flexibility index (Phi) is 4.32. The molecule has 18 heavy (non-hydrogen) atoms. The topological polar surface area (TPSA) is 24.9 Å². The standard InChI is InChI=1S/C13H14ClFN2S/c1-8(2)16-7-9-6-12(17-18-9)10-4-3-5-11(14)13(10)15/h3-6,8,16H,7H2,1-2H3. The first-order valence-corrected chi connectivity index (χ1v) is 6.86. The molecule has 1 aromatic carbocycles. The Hall–Kier alpha value is -0.970. The predicted molar refractivity (Wildman–Crippen MR) is 74.5 cm³/mol. The van der Waals surface area contributed by atoms with Crippen molar-refractivity contribution >= 4 is 23.1 Å². The van der Waals surface area contributed by atoms with Crippen LogP contribution in [0, 0.1) is 5.82 Å². The third-order valence-electron chi connectivity index (χ3n) is 2.47. The fraction of sp³-hybridized carbons (Fsp3) is 0.308. The summed E-state index contributed by atoms with van der Waals surface area (Å²) in [7, 11) is 0. The van der Waals surface area contributed by atoms with Crippen LogP contribution in [0.4, 0.5) is 4.39 Å². The van der Waals surface area contributed by atoms with E-state index in [1.807, 2.05) is 6.07 Å². The van der Waals surface area contributed by atoms with Crippen LogP contribution in [-0.2, 0) is 6.54 Å². The Balaban J connectivity index is 2.21. The summed E-state index contributed by atoms with van der Waals surface area (Å²) >= 11 is 7.14. The van der Waals surface area contributed by atoms with Gasteiger partial charge in [0.1, 0.15) is 0 Å². The van der Waals surface area contributed by atoms with Crippen LogP contribution in [0.3, 0.4) is 0 Å². The number of halogens is 2. The summed E-state index contributed by atoms with van der Waals surface area (Å²) in [5, 5.41) is 3.43. The van der Waals surface area contributed by atoms with E-state index in [1.54, 1.807) is 12.1 Å². The second-order valence-electron chi connectivity index (χ2n) is 4.32. The summed E-state index contributed by atoms with van der Waals surface area (Å²) in [6.07, 6.45) is 0. The van der Waals surface area contributed by atoms with Gasteiger partial charge in [-0.15, -0.1) is 0 Å². The van der Waals surface area contributed by atoms with Gasteiger partial charge in [0, 0.05) is 23.0 Å². The van der Waals surface area contributed by atoms with Crippen molar-refractivity contribution in [1.29, 1.82) is 0 Å². The van der Waals surface area contributed by atoms with Gasteiger partial charge < -0.3 is 5.32 Å². The van der Waals surface area contributed by atoms with Crippen LogP contribution in [0.2, 0.25) is 5.02 Å². The highest BCUT2D eigenvalue weighted by atomic mass is 35.5. The number of hydrogen-bond donors (Lipinski definition) is 1. The zero-order chi connectivity index (χ0) is 13.1. The summed E-state index contributed by atoms with van der Waals surface area (Å²) in [5.74, 6) is -0.409. The second kappa shape index (κ2) is 5.78. The molecule has 0 aliphatic heterocycles. The molecule has 0 aliphatic carbocycles. The molecule has 0 unspecified atom stereocenters.